The number of hydrogen-bond acceptors (Lipinski definition) is 4. The molecule has 0 bridgehead atoms. The van der Waals surface area contributed by atoms with Crippen molar-refractivity contribution in [3.8, 4) is 0 Å². The average molecular weight is 343 g/mol. The third-order valence-corrected chi connectivity index (χ3v) is 1.94. The second-order valence-corrected chi connectivity index (χ2v) is 5.09. The van der Waals surface area contributed by atoms with Crippen molar-refractivity contribution in [2.24, 2.45) is 10.3 Å². The van der Waals surface area contributed by atoms with Gasteiger partial charge in [0.2, 0.25) is 0 Å². The minimum absolute atomic E-state index is 0. The van der Waals surface area contributed by atoms with Gasteiger partial charge < -0.3 is 0 Å². The van der Waals surface area contributed by atoms with Gasteiger partial charge in [-0.1, -0.05) is 0 Å². The van der Waals surface area contributed by atoms with Crippen LogP contribution in [0, 0.1) is 0 Å². The van der Waals surface area contributed by atoms with Crippen LogP contribution in [0.1, 0.15) is 0 Å². The summed E-state index contributed by atoms with van der Waals surface area (Å²) in [6, 6.07) is 0. The summed E-state index contributed by atoms with van der Waals surface area (Å²) < 4.78 is 102. The molecular formula is C2H4F6N2O4S2Sc. The molecule has 0 atom stereocenters. The predicted molar refractivity (Wildman–Crippen MR) is 38.3 cm³/mol. The summed E-state index contributed by atoms with van der Waals surface area (Å²) in [7, 11) is -10.7. The Morgan fingerprint density at radius 3 is 0.706 bits per heavy atom. The molecule has 103 valence electrons. The van der Waals surface area contributed by atoms with E-state index in [4.69, 9.17) is 0 Å². The Kier molecular flexibility index (Phi) is 8.51. The van der Waals surface area contributed by atoms with Crippen LogP contribution in [0.3, 0.4) is 0 Å². The summed E-state index contributed by atoms with van der Waals surface area (Å²) in [5.41, 5.74) is -10.6. The molecule has 0 rings (SSSR count). The van der Waals surface area contributed by atoms with Gasteiger partial charge in [-0.05, 0) is 0 Å². The fraction of sp³-hybridized carbons (Fsp3) is 1.00. The van der Waals surface area contributed by atoms with Gasteiger partial charge in [-0.3, -0.25) is 0 Å². The van der Waals surface area contributed by atoms with Gasteiger partial charge in [-0.25, -0.2) is 27.1 Å². The van der Waals surface area contributed by atoms with Gasteiger partial charge in [0.1, 0.15) is 0 Å². The first-order valence-corrected chi connectivity index (χ1v) is 5.77. The van der Waals surface area contributed by atoms with Crippen LogP contribution in [0.15, 0.2) is 0 Å². The molecule has 4 N–H and O–H groups in total. The zero-order chi connectivity index (χ0) is 14.0. The number of primary sulfonamides is 2. The summed E-state index contributed by atoms with van der Waals surface area (Å²) in [5, 5.41) is 7.32. The normalized spacial score (nSPS) is 13.2. The van der Waals surface area contributed by atoms with Gasteiger partial charge in [-0.2, -0.15) is 26.3 Å². The number of rotatable bonds is 0. The fourth-order valence-electron chi connectivity index (χ4n) is 0. The maximum absolute atomic E-state index is 10.8. The van der Waals surface area contributed by atoms with E-state index < -0.39 is 31.1 Å². The Morgan fingerprint density at radius 1 is 0.647 bits per heavy atom. The minimum Gasteiger partial charge on any atom is -0.221 e. The van der Waals surface area contributed by atoms with Crippen molar-refractivity contribution in [1.82, 2.24) is 0 Å². The molecule has 15 heteroatoms. The Labute approximate surface area is 110 Å². The van der Waals surface area contributed by atoms with E-state index in [0.29, 0.717) is 0 Å². The number of hydrogen-bond donors (Lipinski definition) is 2. The van der Waals surface area contributed by atoms with Crippen molar-refractivity contribution in [3.63, 3.8) is 0 Å². The van der Waals surface area contributed by atoms with Gasteiger partial charge in [0, 0.05) is 25.8 Å². The summed E-state index contributed by atoms with van der Waals surface area (Å²) in [6.07, 6.45) is 0. The van der Waals surface area contributed by atoms with E-state index >= 15 is 0 Å². The van der Waals surface area contributed by atoms with Crippen LogP contribution < -0.4 is 10.3 Å². The van der Waals surface area contributed by atoms with E-state index in [-0.39, 0.29) is 25.8 Å². The SMILES string of the molecule is NS(=O)(=O)C(F)(F)F.NS(=O)(=O)C(F)(F)F.[Sc]. The van der Waals surface area contributed by atoms with Gasteiger partial charge in [0.05, 0.1) is 0 Å². The Bertz CT molecular complexity index is 380. The van der Waals surface area contributed by atoms with Crippen molar-refractivity contribution >= 4 is 20.0 Å². The van der Waals surface area contributed by atoms with E-state index in [0.717, 1.165) is 0 Å². The van der Waals surface area contributed by atoms with E-state index in [1.54, 1.807) is 0 Å². The molecular weight excluding hydrogens is 339 g/mol. The van der Waals surface area contributed by atoms with Crippen LogP contribution in [-0.4, -0.2) is 27.9 Å². The quantitative estimate of drug-likeness (QED) is 0.581. The molecule has 17 heavy (non-hydrogen) atoms. The molecule has 1 radical (unpaired) electrons. The molecule has 0 unspecified atom stereocenters. The smallest absolute Gasteiger partial charge is 0.221 e. The molecule has 0 saturated heterocycles. The number of halogens is 6. The topological polar surface area (TPSA) is 120 Å². The monoisotopic (exact) mass is 343 g/mol. The summed E-state index contributed by atoms with van der Waals surface area (Å²) in [5.74, 6) is 0. The molecule has 0 fully saturated rings. The molecule has 0 aliphatic rings. The molecule has 0 aliphatic carbocycles. The molecule has 0 aromatic heterocycles. The van der Waals surface area contributed by atoms with Crippen molar-refractivity contribution in [1.29, 1.82) is 0 Å². The Hall–Kier alpha value is 0.270. The van der Waals surface area contributed by atoms with Crippen molar-refractivity contribution in [2.45, 2.75) is 11.0 Å². The first-order chi connectivity index (χ1) is 6.50. The molecule has 6 nitrogen and oxygen atoms in total. The van der Waals surface area contributed by atoms with Crippen molar-refractivity contribution in [2.75, 3.05) is 0 Å². The van der Waals surface area contributed by atoms with Gasteiger partial charge in [0.25, 0.3) is 0 Å². The van der Waals surface area contributed by atoms with Crippen LogP contribution in [-0.2, 0) is 45.9 Å². The van der Waals surface area contributed by atoms with E-state index in [9.17, 15) is 43.2 Å². The predicted octanol–water partition coefficient (Wildman–Crippen LogP) is -0.413. The fourth-order valence-corrected chi connectivity index (χ4v) is 0. The zero-order valence-electron chi connectivity index (χ0n) is 7.45. The van der Waals surface area contributed by atoms with Crippen LogP contribution in [0.4, 0.5) is 26.3 Å². The standard InChI is InChI=1S/2CH2F3NO2S.Sc/c2*2-1(3,4)8(5,6)7;/h2*(H2,5,6,7);. The molecule has 0 spiro atoms. The number of sulfonamides is 2. The second kappa shape index (κ2) is 6.44. The van der Waals surface area contributed by atoms with Gasteiger partial charge in [0.15, 0.2) is 0 Å². The Morgan fingerprint density at radius 2 is 0.706 bits per heavy atom. The van der Waals surface area contributed by atoms with Crippen LogP contribution in [0.25, 0.3) is 0 Å². The maximum atomic E-state index is 10.8. The van der Waals surface area contributed by atoms with Crippen LogP contribution in [0.2, 0.25) is 0 Å². The molecule has 0 aromatic rings. The largest absolute Gasteiger partial charge is 0.511 e. The van der Waals surface area contributed by atoms with Gasteiger partial charge >= 0.3 is 31.1 Å². The van der Waals surface area contributed by atoms with Crippen LogP contribution >= 0.6 is 0 Å². The Balaban J connectivity index is -0.000000218. The summed E-state index contributed by atoms with van der Waals surface area (Å²) >= 11 is 0. The third kappa shape index (κ3) is 9.93. The molecule has 0 saturated carbocycles. The summed E-state index contributed by atoms with van der Waals surface area (Å²) in [6.45, 7) is 0. The average Bonchev–Trinajstić information content (AvgIpc) is 1.77. The maximum Gasteiger partial charge on any atom is 0.511 e. The second-order valence-electron chi connectivity index (χ2n) is 1.98. The number of nitrogens with two attached hydrogens (primary N) is 2. The van der Waals surface area contributed by atoms with Crippen LogP contribution in [0.5, 0.6) is 0 Å². The third-order valence-electron chi connectivity index (χ3n) is 0.645. The minimum atomic E-state index is -5.34. The first-order valence-electron chi connectivity index (χ1n) is 2.68. The molecule has 0 heterocycles. The zero-order valence-corrected chi connectivity index (χ0v) is 10.9. The van der Waals surface area contributed by atoms with E-state index in [1.165, 1.54) is 0 Å². The summed E-state index contributed by atoms with van der Waals surface area (Å²) in [4.78, 5) is 0. The van der Waals surface area contributed by atoms with Crippen molar-refractivity contribution < 1.29 is 69.0 Å². The van der Waals surface area contributed by atoms with Gasteiger partial charge in [-0.15, -0.1) is 0 Å². The van der Waals surface area contributed by atoms with E-state index in [1.807, 2.05) is 0 Å². The first kappa shape index (κ1) is 22.5. The van der Waals surface area contributed by atoms with E-state index in [2.05, 4.69) is 10.3 Å². The molecule has 0 amide bonds. The van der Waals surface area contributed by atoms with Crippen molar-refractivity contribution in [3.05, 3.63) is 0 Å². The number of alkyl halides is 6. The molecule has 0 aliphatic heterocycles. The molecule has 0 aromatic carbocycles.